The van der Waals surface area contributed by atoms with Crippen LogP contribution in [0.1, 0.15) is 56.6 Å². The molecule has 20 heavy (non-hydrogen) atoms. The molecule has 1 aromatic carbocycles. The van der Waals surface area contributed by atoms with Crippen molar-refractivity contribution in [2.24, 2.45) is 5.92 Å². The zero-order valence-corrected chi connectivity index (χ0v) is 13.3. The van der Waals surface area contributed by atoms with Crippen LogP contribution in [-0.4, -0.2) is 12.1 Å². The summed E-state index contributed by atoms with van der Waals surface area (Å²) in [4.78, 5) is 0. The summed E-state index contributed by atoms with van der Waals surface area (Å²) in [6.45, 7) is 2.31. The van der Waals surface area contributed by atoms with Gasteiger partial charge in [0.1, 0.15) is 0 Å². The van der Waals surface area contributed by atoms with E-state index in [0.29, 0.717) is 6.04 Å². The number of fused-ring (bicyclic) bond motifs is 1. The summed E-state index contributed by atoms with van der Waals surface area (Å²) in [7, 11) is 0. The smallest absolute Gasteiger partial charge is 0.0408 e. The summed E-state index contributed by atoms with van der Waals surface area (Å²) in [5.74, 6) is 0.998. The maximum absolute atomic E-state index is 6.09. The van der Waals surface area contributed by atoms with Gasteiger partial charge in [-0.15, -0.1) is 0 Å². The Morgan fingerprint density at radius 1 is 1.05 bits per heavy atom. The predicted molar refractivity (Wildman–Crippen MR) is 86.4 cm³/mol. The van der Waals surface area contributed by atoms with Gasteiger partial charge < -0.3 is 5.32 Å². The minimum atomic E-state index is 0.635. The van der Waals surface area contributed by atoms with Gasteiger partial charge in [-0.1, -0.05) is 37.4 Å². The Bertz CT molecular complexity index is 449. The highest BCUT2D eigenvalue weighted by molar-refractivity contribution is 6.30. The van der Waals surface area contributed by atoms with Crippen LogP contribution >= 0.6 is 11.6 Å². The Kier molecular flexibility index (Phi) is 4.68. The fourth-order valence-electron chi connectivity index (χ4n) is 4.06. The largest absolute Gasteiger partial charge is 0.311 e. The molecule has 1 unspecified atom stereocenters. The lowest BCUT2D eigenvalue weighted by Crippen LogP contribution is -2.41. The van der Waals surface area contributed by atoms with Gasteiger partial charge in [-0.2, -0.15) is 0 Å². The highest BCUT2D eigenvalue weighted by Crippen LogP contribution is 2.30. The van der Waals surface area contributed by atoms with Gasteiger partial charge in [-0.05, 0) is 67.7 Å². The molecule has 2 aliphatic rings. The van der Waals surface area contributed by atoms with Gasteiger partial charge in [-0.3, -0.25) is 0 Å². The molecule has 2 aliphatic carbocycles. The first-order chi connectivity index (χ1) is 9.74. The van der Waals surface area contributed by atoms with Crippen molar-refractivity contribution < 1.29 is 0 Å². The zero-order valence-electron chi connectivity index (χ0n) is 12.5. The summed E-state index contributed by atoms with van der Waals surface area (Å²) in [5, 5.41) is 4.78. The van der Waals surface area contributed by atoms with Crippen LogP contribution < -0.4 is 5.32 Å². The van der Waals surface area contributed by atoms with Crippen molar-refractivity contribution in [3.05, 3.63) is 34.3 Å². The third-order valence-corrected chi connectivity index (χ3v) is 5.35. The quantitative estimate of drug-likeness (QED) is 0.844. The van der Waals surface area contributed by atoms with Gasteiger partial charge in [0, 0.05) is 17.1 Å². The van der Waals surface area contributed by atoms with E-state index in [4.69, 9.17) is 11.6 Å². The Hall–Kier alpha value is -0.530. The lowest BCUT2D eigenvalue weighted by atomic mass is 9.83. The maximum atomic E-state index is 6.09. The highest BCUT2D eigenvalue weighted by atomic mass is 35.5. The molecule has 0 spiro atoms. The summed E-state index contributed by atoms with van der Waals surface area (Å²) in [6, 6.07) is 7.77. The Labute approximate surface area is 128 Å². The maximum Gasteiger partial charge on any atom is 0.0408 e. The van der Waals surface area contributed by atoms with E-state index in [1.165, 1.54) is 56.1 Å². The molecule has 0 heterocycles. The van der Waals surface area contributed by atoms with Gasteiger partial charge in [0.15, 0.2) is 0 Å². The number of hydrogen-bond donors (Lipinski definition) is 1. The molecule has 0 amide bonds. The highest BCUT2D eigenvalue weighted by Gasteiger charge is 2.26. The molecule has 3 rings (SSSR count). The first-order valence-electron chi connectivity index (χ1n) is 8.28. The monoisotopic (exact) mass is 291 g/mol. The van der Waals surface area contributed by atoms with Gasteiger partial charge in [0.25, 0.3) is 0 Å². The predicted octanol–water partition coefficient (Wildman–Crippen LogP) is 4.76. The van der Waals surface area contributed by atoms with Crippen LogP contribution in [0, 0.1) is 5.92 Å². The molecule has 2 heteroatoms. The normalized spacial score (nSPS) is 29.4. The number of halogens is 1. The summed E-state index contributed by atoms with van der Waals surface area (Å²) < 4.78 is 0. The Morgan fingerprint density at radius 2 is 1.80 bits per heavy atom. The molecule has 0 radical (unpaired) electrons. The summed E-state index contributed by atoms with van der Waals surface area (Å²) >= 11 is 6.09. The summed E-state index contributed by atoms with van der Waals surface area (Å²) in [6.07, 6.45) is 10.7. The minimum absolute atomic E-state index is 0.635. The molecule has 1 atom stereocenters. The van der Waals surface area contributed by atoms with E-state index in [9.17, 15) is 0 Å². The molecule has 110 valence electrons. The van der Waals surface area contributed by atoms with Crippen molar-refractivity contribution in [3.8, 4) is 0 Å². The fraction of sp³-hybridized carbons (Fsp3) is 0.667. The third kappa shape index (κ3) is 3.38. The van der Waals surface area contributed by atoms with Crippen molar-refractivity contribution in [2.75, 3.05) is 0 Å². The Balaban J connectivity index is 1.49. The van der Waals surface area contributed by atoms with Crippen molar-refractivity contribution in [1.82, 2.24) is 5.32 Å². The minimum Gasteiger partial charge on any atom is -0.311 e. The second-order valence-corrected chi connectivity index (χ2v) is 7.13. The molecule has 1 aromatic rings. The molecule has 0 aliphatic heterocycles. The molecular formula is C18H26ClN. The first-order valence-corrected chi connectivity index (χ1v) is 8.65. The molecule has 1 saturated carbocycles. The van der Waals surface area contributed by atoms with Crippen LogP contribution in [0.2, 0.25) is 5.02 Å². The van der Waals surface area contributed by atoms with E-state index in [-0.39, 0.29) is 0 Å². The number of hydrogen-bond acceptors (Lipinski definition) is 1. The van der Waals surface area contributed by atoms with Gasteiger partial charge in [-0.25, -0.2) is 0 Å². The lowest BCUT2D eigenvalue weighted by Gasteiger charge is -2.31. The fourth-order valence-corrected chi connectivity index (χ4v) is 4.26. The number of nitrogens with one attached hydrogen (secondary N) is 1. The standard InChI is InChI=1S/C18H26ClN/c1-2-3-13-4-8-17(9-5-13)20-18-11-14-6-7-16(19)10-15(14)12-18/h6-7,10,13,17-18,20H,2-5,8-9,11-12H2,1H3. The molecule has 1 fully saturated rings. The van der Waals surface area contributed by atoms with E-state index < -0.39 is 0 Å². The first kappa shape index (κ1) is 14.4. The molecule has 0 aromatic heterocycles. The van der Waals surface area contributed by atoms with E-state index in [2.05, 4.69) is 24.4 Å². The van der Waals surface area contributed by atoms with Gasteiger partial charge >= 0.3 is 0 Å². The topological polar surface area (TPSA) is 12.0 Å². The van der Waals surface area contributed by atoms with E-state index in [0.717, 1.165) is 23.4 Å². The number of rotatable bonds is 4. The average molecular weight is 292 g/mol. The Morgan fingerprint density at radius 3 is 2.55 bits per heavy atom. The molecule has 1 N–H and O–H groups in total. The van der Waals surface area contributed by atoms with Crippen LogP contribution in [0.5, 0.6) is 0 Å². The zero-order chi connectivity index (χ0) is 13.9. The number of benzene rings is 1. The second-order valence-electron chi connectivity index (χ2n) is 6.69. The molecular weight excluding hydrogens is 266 g/mol. The lowest BCUT2D eigenvalue weighted by molar-refractivity contribution is 0.264. The van der Waals surface area contributed by atoms with Gasteiger partial charge in [0.05, 0.1) is 0 Å². The molecule has 0 bridgehead atoms. The average Bonchev–Trinajstić information content (AvgIpc) is 2.82. The second kappa shape index (κ2) is 6.49. The van der Waals surface area contributed by atoms with Crippen LogP contribution in [0.15, 0.2) is 18.2 Å². The van der Waals surface area contributed by atoms with E-state index in [1.807, 2.05) is 6.07 Å². The molecule has 1 nitrogen and oxygen atoms in total. The van der Waals surface area contributed by atoms with Crippen molar-refractivity contribution in [1.29, 1.82) is 0 Å². The van der Waals surface area contributed by atoms with Crippen LogP contribution in [0.3, 0.4) is 0 Å². The van der Waals surface area contributed by atoms with Crippen LogP contribution in [-0.2, 0) is 12.8 Å². The third-order valence-electron chi connectivity index (χ3n) is 5.12. The van der Waals surface area contributed by atoms with E-state index in [1.54, 1.807) is 0 Å². The van der Waals surface area contributed by atoms with Crippen molar-refractivity contribution in [3.63, 3.8) is 0 Å². The van der Waals surface area contributed by atoms with E-state index >= 15 is 0 Å². The SMILES string of the molecule is CCCC1CCC(NC2Cc3ccc(Cl)cc3C2)CC1. The van der Waals surface area contributed by atoms with Gasteiger partial charge in [0.2, 0.25) is 0 Å². The van der Waals surface area contributed by atoms with Crippen LogP contribution in [0.4, 0.5) is 0 Å². The summed E-state index contributed by atoms with van der Waals surface area (Å²) in [5.41, 5.74) is 2.95. The van der Waals surface area contributed by atoms with Crippen molar-refractivity contribution >= 4 is 11.6 Å². The molecule has 0 saturated heterocycles. The van der Waals surface area contributed by atoms with Crippen molar-refractivity contribution in [2.45, 2.75) is 70.4 Å². The van der Waals surface area contributed by atoms with Crippen LogP contribution in [0.25, 0.3) is 0 Å².